The minimum atomic E-state index is -0.491. The van der Waals surface area contributed by atoms with E-state index >= 15 is 0 Å². The van der Waals surface area contributed by atoms with Crippen LogP contribution in [0.5, 0.6) is 0 Å². The van der Waals surface area contributed by atoms with E-state index in [-0.39, 0.29) is 11.3 Å². The zero-order chi connectivity index (χ0) is 46.6. The summed E-state index contributed by atoms with van der Waals surface area (Å²) < 4.78 is 2.50. The summed E-state index contributed by atoms with van der Waals surface area (Å²) >= 11 is 0. The Morgan fingerprint density at radius 3 is 1.63 bits per heavy atom. The van der Waals surface area contributed by atoms with Crippen LogP contribution >= 0.6 is 0 Å². The molecule has 2 unspecified atom stereocenters. The highest BCUT2D eigenvalue weighted by atomic mass is 15.1. The maximum Gasteiger partial charge on any atom is 0.0610 e. The molecule has 9 aromatic carbocycles. The molecule has 0 fully saturated rings. The van der Waals surface area contributed by atoms with E-state index in [2.05, 4.69) is 266 Å². The Labute approximate surface area is 410 Å². The number of nitrogens with zero attached hydrogens (tertiary/aromatic N) is 2. The van der Waals surface area contributed by atoms with Gasteiger partial charge in [-0.15, -0.1) is 0 Å². The summed E-state index contributed by atoms with van der Waals surface area (Å²) in [6, 6.07) is 77.5. The Kier molecular flexibility index (Phi) is 9.14. The standard InChI is InChI=1S/C68H52N2/c1-67(2)62-29-17-16-27-56(62)57-38-35-51(43-63(57)67)70(49-32-30-46(31-33-49)45-18-6-3-7-19-45)52-36-39-59-58-37-34-50(69-41-40-61-55-26-13-12-24-53(55)54-25-14-15-28-60(54)66(61)69)42-64(58)68(65(59)44-52,47-20-8-4-9-21-47)48-22-10-5-11-23-48/h3-28,30-41,43-44,62,64H,29,42H2,1-2H3. The Morgan fingerprint density at radius 1 is 0.457 bits per heavy atom. The molecular weight excluding hydrogens is 845 g/mol. The van der Waals surface area contributed by atoms with Gasteiger partial charge >= 0.3 is 0 Å². The van der Waals surface area contributed by atoms with Crippen molar-refractivity contribution in [3.05, 3.63) is 276 Å². The largest absolute Gasteiger partial charge is 0.320 e. The van der Waals surface area contributed by atoms with Crippen LogP contribution < -0.4 is 4.90 Å². The second kappa shape index (κ2) is 15.7. The first-order valence-corrected chi connectivity index (χ1v) is 25.0. The Morgan fingerprint density at radius 2 is 0.971 bits per heavy atom. The van der Waals surface area contributed by atoms with Gasteiger partial charge in [-0.1, -0.05) is 202 Å². The molecule has 0 spiro atoms. The highest BCUT2D eigenvalue weighted by Crippen LogP contribution is 2.62. The fourth-order valence-electron chi connectivity index (χ4n) is 13.4. The molecule has 14 rings (SSSR count). The van der Waals surface area contributed by atoms with Crippen LogP contribution in [0.15, 0.2) is 243 Å². The molecule has 0 aliphatic heterocycles. The van der Waals surface area contributed by atoms with Crippen molar-refractivity contribution in [1.29, 1.82) is 0 Å². The van der Waals surface area contributed by atoms with Crippen molar-refractivity contribution in [3.8, 4) is 11.1 Å². The Hall–Kier alpha value is -8.20. The van der Waals surface area contributed by atoms with E-state index < -0.39 is 5.41 Å². The molecular formula is C68H52N2. The molecule has 334 valence electrons. The number of hydrogen-bond acceptors (Lipinski definition) is 1. The highest BCUT2D eigenvalue weighted by Gasteiger charge is 2.53. The third-order valence-electron chi connectivity index (χ3n) is 16.6. The van der Waals surface area contributed by atoms with Gasteiger partial charge in [-0.3, -0.25) is 0 Å². The van der Waals surface area contributed by atoms with E-state index in [1.54, 1.807) is 0 Å². The zero-order valence-corrected chi connectivity index (χ0v) is 39.6. The van der Waals surface area contributed by atoms with E-state index in [1.807, 2.05) is 0 Å². The van der Waals surface area contributed by atoms with Crippen LogP contribution in [0.4, 0.5) is 17.1 Å². The molecule has 70 heavy (non-hydrogen) atoms. The summed E-state index contributed by atoms with van der Waals surface area (Å²) in [5.41, 5.74) is 18.9. The summed E-state index contributed by atoms with van der Waals surface area (Å²) in [7, 11) is 0. The molecule has 0 N–H and O–H groups in total. The average Bonchev–Trinajstić information content (AvgIpc) is 4.07. The van der Waals surface area contributed by atoms with Crippen molar-refractivity contribution in [2.24, 2.45) is 11.8 Å². The fraction of sp³-hybridized carbons (Fsp3) is 0.118. The molecule has 4 aliphatic carbocycles. The topological polar surface area (TPSA) is 8.17 Å². The lowest BCUT2D eigenvalue weighted by Crippen LogP contribution is -2.35. The highest BCUT2D eigenvalue weighted by molar-refractivity contribution is 6.25. The van der Waals surface area contributed by atoms with Gasteiger partial charge in [-0.05, 0) is 145 Å². The average molecular weight is 897 g/mol. The maximum atomic E-state index is 2.55. The van der Waals surface area contributed by atoms with Crippen LogP contribution in [0.1, 0.15) is 60.1 Å². The monoisotopic (exact) mass is 896 g/mol. The second-order valence-corrected chi connectivity index (χ2v) is 20.4. The molecule has 0 bridgehead atoms. The first-order valence-electron chi connectivity index (χ1n) is 25.0. The van der Waals surface area contributed by atoms with Gasteiger partial charge in [0.15, 0.2) is 0 Å². The van der Waals surface area contributed by atoms with Crippen LogP contribution in [-0.4, -0.2) is 4.57 Å². The molecule has 0 saturated carbocycles. The van der Waals surface area contributed by atoms with Crippen molar-refractivity contribution in [2.45, 2.75) is 37.5 Å². The number of benzene rings is 9. The first-order chi connectivity index (χ1) is 34.5. The molecule has 1 aromatic heterocycles. The zero-order valence-electron chi connectivity index (χ0n) is 39.6. The third-order valence-corrected chi connectivity index (χ3v) is 16.6. The summed E-state index contributed by atoms with van der Waals surface area (Å²) in [6.07, 6.45) is 16.1. The van der Waals surface area contributed by atoms with Crippen LogP contribution in [0, 0.1) is 11.8 Å². The smallest absolute Gasteiger partial charge is 0.0610 e. The number of aromatic nitrogens is 1. The normalized spacial score (nSPS) is 18.2. The molecule has 0 saturated heterocycles. The van der Waals surface area contributed by atoms with E-state index in [1.165, 1.54) is 99.5 Å². The lowest BCUT2D eigenvalue weighted by atomic mass is 9.62. The molecule has 2 nitrogen and oxygen atoms in total. The maximum absolute atomic E-state index is 2.55. The van der Waals surface area contributed by atoms with E-state index in [4.69, 9.17) is 0 Å². The van der Waals surface area contributed by atoms with E-state index in [9.17, 15) is 0 Å². The van der Waals surface area contributed by atoms with Crippen molar-refractivity contribution in [1.82, 2.24) is 4.57 Å². The van der Waals surface area contributed by atoms with Gasteiger partial charge < -0.3 is 9.47 Å². The number of anilines is 3. The number of hydrogen-bond donors (Lipinski definition) is 0. The van der Waals surface area contributed by atoms with Gasteiger partial charge in [0.25, 0.3) is 0 Å². The van der Waals surface area contributed by atoms with Gasteiger partial charge in [0.1, 0.15) is 0 Å². The third kappa shape index (κ3) is 5.93. The van der Waals surface area contributed by atoms with Crippen molar-refractivity contribution < 1.29 is 0 Å². The SMILES string of the molecule is CC1(C)c2cc(N(c3ccc(-c4ccccc4)cc3)c3ccc4c(c3)C(c3ccccc3)(c3ccccc3)C3CC(n5ccc6c7ccccc7c7ccccc7c65)=CC=C43)ccc2C2=CC=CCC21. The number of allylic oxidation sites excluding steroid dienone is 8. The second-order valence-electron chi connectivity index (χ2n) is 20.4. The molecule has 0 radical (unpaired) electrons. The summed E-state index contributed by atoms with van der Waals surface area (Å²) in [5.74, 6) is 0.591. The molecule has 2 atom stereocenters. The van der Waals surface area contributed by atoms with Crippen LogP contribution in [0.3, 0.4) is 0 Å². The van der Waals surface area contributed by atoms with E-state index in [0.29, 0.717) is 5.92 Å². The lowest BCUT2D eigenvalue weighted by Gasteiger charge is -2.40. The summed E-state index contributed by atoms with van der Waals surface area (Å²) in [6.45, 7) is 4.89. The quantitative estimate of drug-likeness (QED) is 0.145. The number of fused-ring (bicyclic) bond motifs is 12. The van der Waals surface area contributed by atoms with Crippen LogP contribution in [0.2, 0.25) is 0 Å². The molecule has 0 amide bonds. The summed E-state index contributed by atoms with van der Waals surface area (Å²) in [5, 5.41) is 6.47. The minimum Gasteiger partial charge on any atom is -0.320 e. The van der Waals surface area contributed by atoms with Crippen LogP contribution in [0.25, 0.3) is 60.4 Å². The predicted octanol–water partition coefficient (Wildman–Crippen LogP) is 17.6. The Balaban J connectivity index is 0.980. The van der Waals surface area contributed by atoms with Gasteiger partial charge in [-0.2, -0.15) is 0 Å². The first kappa shape index (κ1) is 40.8. The van der Waals surface area contributed by atoms with Crippen molar-refractivity contribution in [3.63, 3.8) is 0 Å². The number of rotatable bonds is 7. The van der Waals surface area contributed by atoms with Crippen LogP contribution in [-0.2, 0) is 10.8 Å². The van der Waals surface area contributed by atoms with Gasteiger partial charge in [0.2, 0.25) is 0 Å². The Bertz CT molecular complexity index is 3800. The minimum absolute atomic E-state index is 0.00418. The fourth-order valence-corrected chi connectivity index (χ4v) is 13.4. The van der Waals surface area contributed by atoms with Crippen molar-refractivity contribution >= 4 is 66.4 Å². The summed E-state index contributed by atoms with van der Waals surface area (Å²) in [4.78, 5) is 2.52. The predicted molar refractivity (Wildman–Crippen MR) is 295 cm³/mol. The molecule has 10 aromatic rings. The molecule has 2 heteroatoms. The lowest BCUT2D eigenvalue weighted by molar-refractivity contribution is 0.415. The molecule has 4 aliphatic rings. The molecule has 1 heterocycles. The van der Waals surface area contributed by atoms with Gasteiger partial charge in [-0.25, -0.2) is 0 Å². The van der Waals surface area contributed by atoms with Crippen molar-refractivity contribution in [2.75, 3.05) is 4.90 Å². The van der Waals surface area contributed by atoms with Gasteiger partial charge in [0, 0.05) is 45.6 Å². The van der Waals surface area contributed by atoms with Gasteiger partial charge in [0.05, 0.1) is 10.9 Å². The van der Waals surface area contributed by atoms with E-state index in [0.717, 1.165) is 24.2 Å².